The topological polar surface area (TPSA) is 57.0 Å². The quantitative estimate of drug-likeness (QED) is 0.453. The maximum atomic E-state index is 11.7. The third-order valence-electron chi connectivity index (χ3n) is 3.85. The first-order valence-electron chi connectivity index (χ1n) is 8.11. The summed E-state index contributed by atoms with van der Waals surface area (Å²) in [5.41, 5.74) is 2.55. The Morgan fingerprint density at radius 1 is 1.19 bits per heavy atom. The molecule has 1 heterocycles. The van der Waals surface area contributed by atoms with Gasteiger partial charge < -0.3 is 9.30 Å². The molecule has 0 atom stereocenters. The lowest BCUT2D eigenvalue weighted by molar-refractivity contribution is 0.0600. The van der Waals surface area contributed by atoms with Crippen molar-refractivity contribution in [1.82, 2.24) is 14.8 Å². The second-order valence-electron chi connectivity index (χ2n) is 5.54. The average Bonchev–Trinajstić information content (AvgIpc) is 3.09. The number of methoxy groups -OCH3 is 1. The van der Waals surface area contributed by atoms with Gasteiger partial charge in [0.25, 0.3) is 0 Å². The van der Waals surface area contributed by atoms with E-state index in [2.05, 4.69) is 21.7 Å². The Kier molecular flexibility index (Phi) is 5.96. The minimum Gasteiger partial charge on any atom is -0.465 e. The third kappa shape index (κ3) is 4.08. The van der Waals surface area contributed by atoms with Crippen molar-refractivity contribution in [3.05, 3.63) is 64.7 Å². The largest absolute Gasteiger partial charge is 0.465 e. The van der Waals surface area contributed by atoms with Gasteiger partial charge in [-0.25, -0.2) is 4.79 Å². The molecule has 0 saturated heterocycles. The predicted molar refractivity (Wildman–Crippen MR) is 103 cm³/mol. The van der Waals surface area contributed by atoms with Crippen LogP contribution in [0.25, 0.3) is 11.4 Å². The standard InChI is InChI=1S/C19H18ClN3O2S/c1-3-23-17(14-7-9-16(20)10-8-14)21-22-19(23)26-12-13-5-4-6-15(11-13)18(24)25-2/h4-11H,3,12H2,1-2H3. The zero-order chi connectivity index (χ0) is 18.5. The van der Waals surface area contributed by atoms with Gasteiger partial charge in [-0.3, -0.25) is 0 Å². The zero-order valence-electron chi connectivity index (χ0n) is 14.5. The number of carbonyl (C=O) groups excluding carboxylic acids is 1. The molecule has 0 spiro atoms. The van der Waals surface area contributed by atoms with Crippen LogP contribution in [0.5, 0.6) is 0 Å². The summed E-state index contributed by atoms with van der Waals surface area (Å²) < 4.78 is 6.84. The number of thioether (sulfide) groups is 1. The molecule has 0 saturated carbocycles. The maximum absolute atomic E-state index is 11.7. The molecular weight excluding hydrogens is 370 g/mol. The Morgan fingerprint density at radius 2 is 1.96 bits per heavy atom. The highest BCUT2D eigenvalue weighted by molar-refractivity contribution is 7.98. The van der Waals surface area contributed by atoms with E-state index in [4.69, 9.17) is 16.3 Å². The van der Waals surface area contributed by atoms with Crippen LogP contribution in [0.15, 0.2) is 53.7 Å². The molecule has 5 nitrogen and oxygen atoms in total. The lowest BCUT2D eigenvalue weighted by Crippen LogP contribution is -2.02. The molecular formula is C19H18ClN3O2S. The molecule has 0 N–H and O–H groups in total. The number of hydrogen-bond donors (Lipinski definition) is 0. The van der Waals surface area contributed by atoms with Gasteiger partial charge >= 0.3 is 5.97 Å². The van der Waals surface area contributed by atoms with Crippen LogP contribution in [-0.2, 0) is 17.0 Å². The highest BCUT2D eigenvalue weighted by Crippen LogP contribution is 2.27. The maximum Gasteiger partial charge on any atom is 0.337 e. The van der Waals surface area contributed by atoms with E-state index in [9.17, 15) is 4.79 Å². The number of rotatable bonds is 6. The monoisotopic (exact) mass is 387 g/mol. The minimum absolute atomic E-state index is 0.335. The number of benzene rings is 2. The van der Waals surface area contributed by atoms with E-state index >= 15 is 0 Å². The SMILES string of the molecule is CCn1c(SCc2cccc(C(=O)OC)c2)nnc1-c1ccc(Cl)cc1. The third-order valence-corrected chi connectivity index (χ3v) is 5.14. The first-order chi connectivity index (χ1) is 12.6. The summed E-state index contributed by atoms with van der Waals surface area (Å²) in [7, 11) is 1.38. The van der Waals surface area contributed by atoms with Crippen LogP contribution in [0, 0.1) is 0 Å². The van der Waals surface area contributed by atoms with E-state index < -0.39 is 0 Å². The molecule has 0 aliphatic rings. The number of halogens is 1. The molecule has 0 radical (unpaired) electrons. The highest BCUT2D eigenvalue weighted by Gasteiger charge is 2.14. The van der Waals surface area contributed by atoms with E-state index in [0.717, 1.165) is 28.7 Å². The van der Waals surface area contributed by atoms with Crippen molar-refractivity contribution < 1.29 is 9.53 Å². The van der Waals surface area contributed by atoms with Crippen LogP contribution in [-0.4, -0.2) is 27.8 Å². The molecule has 7 heteroatoms. The number of nitrogens with zero attached hydrogens (tertiary/aromatic N) is 3. The van der Waals surface area contributed by atoms with Gasteiger partial charge in [0, 0.05) is 22.9 Å². The van der Waals surface area contributed by atoms with E-state index in [-0.39, 0.29) is 5.97 Å². The van der Waals surface area contributed by atoms with E-state index in [1.165, 1.54) is 7.11 Å². The molecule has 1 aromatic heterocycles. The number of esters is 1. The van der Waals surface area contributed by atoms with Crippen LogP contribution in [0.1, 0.15) is 22.8 Å². The fraction of sp³-hybridized carbons (Fsp3) is 0.211. The van der Waals surface area contributed by atoms with Gasteiger partial charge in [-0.05, 0) is 48.9 Å². The fourth-order valence-electron chi connectivity index (χ4n) is 2.55. The Hall–Kier alpha value is -2.31. The van der Waals surface area contributed by atoms with Gasteiger partial charge in [0.1, 0.15) is 0 Å². The van der Waals surface area contributed by atoms with Crippen LogP contribution >= 0.6 is 23.4 Å². The molecule has 134 valence electrons. The van der Waals surface area contributed by atoms with Crippen molar-refractivity contribution in [3.63, 3.8) is 0 Å². The number of hydrogen-bond acceptors (Lipinski definition) is 5. The molecule has 2 aromatic carbocycles. The number of carbonyl (C=O) groups is 1. The smallest absolute Gasteiger partial charge is 0.337 e. The van der Waals surface area contributed by atoms with Crippen molar-refractivity contribution in [2.24, 2.45) is 0 Å². The lowest BCUT2D eigenvalue weighted by Gasteiger charge is -2.08. The van der Waals surface area contributed by atoms with E-state index in [1.54, 1.807) is 17.8 Å². The Labute approximate surface area is 161 Å². The summed E-state index contributed by atoms with van der Waals surface area (Å²) in [6.07, 6.45) is 0. The molecule has 0 aliphatic carbocycles. The Bertz CT molecular complexity index is 909. The molecule has 3 rings (SSSR count). The first-order valence-corrected chi connectivity index (χ1v) is 9.48. The van der Waals surface area contributed by atoms with Gasteiger partial charge in [0.2, 0.25) is 0 Å². The first kappa shape index (κ1) is 18.5. The lowest BCUT2D eigenvalue weighted by atomic mass is 10.1. The molecule has 0 aliphatic heterocycles. The summed E-state index contributed by atoms with van der Waals surface area (Å²) in [4.78, 5) is 11.7. The van der Waals surface area contributed by atoms with Crippen molar-refractivity contribution in [3.8, 4) is 11.4 Å². The van der Waals surface area contributed by atoms with Gasteiger partial charge in [-0.1, -0.05) is 35.5 Å². The Morgan fingerprint density at radius 3 is 2.65 bits per heavy atom. The predicted octanol–water partition coefficient (Wildman–Crippen LogP) is 4.70. The molecule has 0 fully saturated rings. The summed E-state index contributed by atoms with van der Waals surface area (Å²) in [6.45, 7) is 2.82. The van der Waals surface area contributed by atoms with Crippen LogP contribution in [0.4, 0.5) is 0 Å². The van der Waals surface area contributed by atoms with Crippen molar-refractivity contribution in [2.45, 2.75) is 24.4 Å². The van der Waals surface area contributed by atoms with E-state index in [1.807, 2.05) is 42.5 Å². The summed E-state index contributed by atoms with van der Waals surface area (Å²) >= 11 is 7.54. The van der Waals surface area contributed by atoms with Crippen molar-refractivity contribution in [2.75, 3.05) is 7.11 Å². The molecule has 26 heavy (non-hydrogen) atoms. The molecule has 0 unspecified atom stereocenters. The second-order valence-corrected chi connectivity index (χ2v) is 6.92. The van der Waals surface area contributed by atoms with Gasteiger partial charge in [0.05, 0.1) is 12.7 Å². The molecule has 0 amide bonds. The fourth-order valence-corrected chi connectivity index (χ4v) is 3.62. The van der Waals surface area contributed by atoms with Crippen LogP contribution in [0.3, 0.4) is 0 Å². The van der Waals surface area contributed by atoms with Crippen molar-refractivity contribution in [1.29, 1.82) is 0 Å². The minimum atomic E-state index is -0.335. The number of aromatic nitrogens is 3. The molecule has 3 aromatic rings. The van der Waals surface area contributed by atoms with E-state index in [0.29, 0.717) is 16.3 Å². The van der Waals surface area contributed by atoms with Gasteiger partial charge in [0.15, 0.2) is 11.0 Å². The Balaban J connectivity index is 1.79. The molecule has 0 bridgehead atoms. The van der Waals surface area contributed by atoms with Crippen molar-refractivity contribution >= 4 is 29.3 Å². The van der Waals surface area contributed by atoms with Crippen LogP contribution < -0.4 is 0 Å². The highest BCUT2D eigenvalue weighted by atomic mass is 35.5. The summed E-state index contributed by atoms with van der Waals surface area (Å²) in [5, 5.41) is 10.2. The van der Waals surface area contributed by atoms with Gasteiger partial charge in [-0.15, -0.1) is 10.2 Å². The average molecular weight is 388 g/mol. The zero-order valence-corrected chi connectivity index (χ0v) is 16.0. The van der Waals surface area contributed by atoms with Gasteiger partial charge in [-0.2, -0.15) is 0 Å². The summed E-state index contributed by atoms with van der Waals surface area (Å²) in [6, 6.07) is 15.0. The summed E-state index contributed by atoms with van der Waals surface area (Å²) in [5.74, 6) is 1.16. The normalized spacial score (nSPS) is 10.7. The van der Waals surface area contributed by atoms with Crippen LogP contribution in [0.2, 0.25) is 5.02 Å². The second kappa shape index (κ2) is 8.38. The number of ether oxygens (including phenoxy) is 1.